The summed E-state index contributed by atoms with van der Waals surface area (Å²) in [6.45, 7) is 0.382. The molecule has 22 heavy (non-hydrogen) atoms. The molecule has 0 spiro atoms. The summed E-state index contributed by atoms with van der Waals surface area (Å²) in [5.74, 6) is 0. The zero-order valence-corrected chi connectivity index (χ0v) is 11.6. The first-order chi connectivity index (χ1) is 10.3. The average Bonchev–Trinajstić information content (AvgIpc) is 2.69. The molecule has 0 aromatic carbocycles. The van der Waals surface area contributed by atoms with E-state index in [0.717, 1.165) is 10.8 Å². The van der Waals surface area contributed by atoms with Crippen molar-refractivity contribution in [3.63, 3.8) is 0 Å². The highest BCUT2D eigenvalue weighted by Gasteiger charge is 2.53. The van der Waals surface area contributed by atoms with Crippen molar-refractivity contribution in [2.24, 2.45) is 5.11 Å². The third-order valence-electron chi connectivity index (χ3n) is 3.53. The maximum absolute atomic E-state index is 11.9. The van der Waals surface area contributed by atoms with E-state index in [4.69, 9.17) is 15.4 Å². The first-order valence-electron chi connectivity index (χ1n) is 6.35. The number of hydrogen-bond donors (Lipinski definition) is 4. The first-order valence-corrected chi connectivity index (χ1v) is 6.35. The Morgan fingerprint density at radius 3 is 2.82 bits per heavy atom. The fourth-order valence-corrected chi connectivity index (χ4v) is 2.31. The molecule has 1 fully saturated rings. The Morgan fingerprint density at radius 2 is 2.27 bits per heavy atom. The van der Waals surface area contributed by atoms with E-state index in [1.165, 1.54) is 6.92 Å². The van der Waals surface area contributed by atoms with Gasteiger partial charge in [-0.15, -0.1) is 0 Å². The van der Waals surface area contributed by atoms with Crippen molar-refractivity contribution in [1.82, 2.24) is 9.55 Å². The van der Waals surface area contributed by atoms with Crippen LogP contribution in [0.4, 0.5) is 0 Å². The highest BCUT2D eigenvalue weighted by atomic mass is 16.6. The number of azide groups is 1. The summed E-state index contributed by atoms with van der Waals surface area (Å²) in [5, 5.41) is 32.6. The van der Waals surface area contributed by atoms with Crippen LogP contribution in [-0.4, -0.2) is 49.3 Å². The van der Waals surface area contributed by atoms with Gasteiger partial charge in [-0.25, -0.2) is 4.79 Å². The largest absolute Gasteiger partial charge is 0.394 e. The second-order valence-electron chi connectivity index (χ2n) is 5.09. The number of aromatic nitrogens is 2. The lowest BCUT2D eigenvalue weighted by molar-refractivity contribution is -0.0988. The molecule has 11 nitrogen and oxygen atoms in total. The van der Waals surface area contributed by atoms with Gasteiger partial charge in [0.05, 0.1) is 13.2 Å². The number of nitrogens with one attached hydrogen (secondary N) is 1. The number of ether oxygens (including phenoxy) is 1. The molecule has 0 amide bonds. The average molecular weight is 313 g/mol. The number of nitrogens with zero attached hydrogens (tertiary/aromatic N) is 4. The molecule has 1 saturated heterocycles. The summed E-state index contributed by atoms with van der Waals surface area (Å²) >= 11 is 0. The number of hydrogen-bond acceptors (Lipinski definition) is 7. The van der Waals surface area contributed by atoms with Crippen LogP contribution in [0.5, 0.6) is 0 Å². The molecule has 0 saturated carbocycles. The first kappa shape index (κ1) is 16.2. The number of rotatable bonds is 4. The fraction of sp³-hybridized carbons (Fsp3) is 0.636. The molecule has 0 radical (unpaired) electrons. The quantitative estimate of drug-likeness (QED) is 0.294. The van der Waals surface area contributed by atoms with Gasteiger partial charge in [0, 0.05) is 16.7 Å². The normalized spacial score (nSPS) is 31.0. The van der Waals surface area contributed by atoms with Crippen LogP contribution in [0, 0.1) is 0 Å². The molecular formula is C11H15N5O6. The van der Waals surface area contributed by atoms with Gasteiger partial charge in [0.15, 0.2) is 6.23 Å². The van der Waals surface area contributed by atoms with Crippen LogP contribution in [0.1, 0.15) is 18.7 Å². The zero-order chi connectivity index (χ0) is 16.5. The number of aliphatic hydroxyl groups excluding tert-OH is 2. The minimum atomic E-state index is -1.87. The van der Waals surface area contributed by atoms with E-state index < -0.39 is 41.9 Å². The lowest BCUT2D eigenvalue weighted by Gasteiger charge is -2.27. The minimum absolute atomic E-state index is 0.0151. The monoisotopic (exact) mass is 313 g/mol. The van der Waals surface area contributed by atoms with E-state index >= 15 is 0 Å². The molecule has 4 atom stereocenters. The molecular weight excluding hydrogens is 298 g/mol. The molecule has 1 aliphatic rings. The van der Waals surface area contributed by atoms with Crippen molar-refractivity contribution in [2.45, 2.75) is 37.5 Å². The second kappa shape index (κ2) is 5.91. The zero-order valence-electron chi connectivity index (χ0n) is 11.6. The smallest absolute Gasteiger partial charge is 0.330 e. The Kier molecular flexibility index (Phi) is 4.35. The van der Waals surface area contributed by atoms with Gasteiger partial charge in [0.25, 0.3) is 5.56 Å². The Balaban J connectivity index is 2.50. The Labute approximate surface area is 123 Å². The van der Waals surface area contributed by atoms with Gasteiger partial charge in [-0.2, -0.15) is 0 Å². The lowest BCUT2D eigenvalue weighted by Crippen LogP contribution is -2.47. The number of H-pyrrole nitrogens is 1. The van der Waals surface area contributed by atoms with Gasteiger partial charge in [-0.3, -0.25) is 14.3 Å². The van der Waals surface area contributed by atoms with Crippen LogP contribution >= 0.6 is 0 Å². The number of aliphatic hydroxyl groups is 3. The van der Waals surface area contributed by atoms with Crippen molar-refractivity contribution in [3.8, 4) is 0 Å². The van der Waals surface area contributed by atoms with E-state index in [9.17, 15) is 19.8 Å². The van der Waals surface area contributed by atoms with E-state index in [1.54, 1.807) is 0 Å². The van der Waals surface area contributed by atoms with Crippen LogP contribution in [0.3, 0.4) is 0 Å². The molecule has 1 aromatic rings. The Hall–Kier alpha value is -2.17. The van der Waals surface area contributed by atoms with E-state index in [-0.39, 0.29) is 12.1 Å². The summed E-state index contributed by atoms with van der Waals surface area (Å²) in [4.78, 5) is 28.1. The predicted molar refractivity (Wildman–Crippen MR) is 71.8 cm³/mol. The van der Waals surface area contributed by atoms with Gasteiger partial charge < -0.3 is 20.1 Å². The third-order valence-corrected chi connectivity index (χ3v) is 3.53. The SMILES string of the molecule is C[C@@]1(O)[C@H](O)[C@@H](CO)O[C@H]1n1cc(CN=[N+]=[N-])c(=O)[nH]c1=O. The minimum Gasteiger partial charge on any atom is -0.394 e. The standard InChI is InChI=1S/C11H15N5O6/c1-11(21)7(18)6(4-17)22-9(11)16-3-5(2-13-15-12)8(19)14-10(16)20/h3,6-7,9,17-18,21H,2,4H2,1H3,(H,14,19,20)/t6-,7-,9-,11-/m1/s1. The van der Waals surface area contributed by atoms with Crippen molar-refractivity contribution in [3.05, 3.63) is 43.0 Å². The highest BCUT2D eigenvalue weighted by molar-refractivity contribution is 5.08. The molecule has 11 heteroatoms. The molecule has 0 bridgehead atoms. The molecule has 0 aliphatic carbocycles. The van der Waals surface area contributed by atoms with Crippen LogP contribution in [0.2, 0.25) is 0 Å². The third kappa shape index (κ3) is 2.63. The summed E-state index contributed by atoms with van der Waals surface area (Å²) in [6, 6.07) is 0. The topological polar surface area (TPSA) is 174 Å². The second-order valence-corrected chi connectivity index (χ2v) is 5.09. The predicted octanol–water partition coefficient (Wildman–Crippen LogP) is -1.65. The van der Waals surface area contributed by atoms with Crippen LogP contribution < -0.4 is 11.2 Å². The maximum atomic E-state index is 11.9. The summed E-state index contributed by atoms with van der Waals surface area (Å²) in [7, 11) is 0. The summed E-state index contributed by atoms with van der Waals surface area (Å²) in [6.07, 6.45) is -2.75. The number of aromatic amines is 1. The van der Waals surface area contributed by atoms with Gasteiger partial charge in [-0.05, 0) is 12.5 Å². The van der Waals surface area contributed by atoms with Crippen molar-refractivity contribution < 1.29 is 20.1 Å². The highest BCUT2D eigenvalue weighted by Crippen LogP contribution is 2.37. The van der Waals surface area contributed by atoms with E-state index in [2.05, 4.69) is 10.0 Å². The van der Waals surface area contributed by atoms with Crippen LogP contribution in [-0.2, 0) is 11.3 Å². The van der Waals surface area contributed by atoms with Crippen molar-refractivity contribution in [1.29, 1.82) is 0 Å². The summed E-state index contributed by atoms with van der Waals surface area (Å²) in [5.41, 5.74) is 4.80. The van der Waals surface area contributed by atoms with Gasteiger partial charge in [0.2, 0.25) is 0 Å². The van der Waals surface area contributed by atoms with Crippen molar-refractivity contribution in [2.75, 3.05) is 6.61 Å². The molecule has 0 unspecified atom stereocenters. The fourth-order valence-electron chi connectivity index (χ4n) is 2.31. The van der Waals surface area contributed by atoms with E-state index in [1.807, 2.05) is 4.98 Å². The molecule has 1 aromatic heterocycles. The Bertz CT molecular complexity index is 718. The van der Waals surface area contributed by atoms with Gasteiger partial charge in [0.1, 0.15) is 17.8 Å². The molecule has 2 rings (SSSR count). The lowest BCUT2D eigenvalue weighted by atomic mass is 9.96. The Morgan fingerprint density at radius 1 is 1.59 bits per heavy atom. The maximum Gasteiger partial charge on any atom is 0.330 e. The molecule has 120 valence electrons. The van der Waals surface area contributed by atoms with Crippen LogP contribution in [0.25, 0.3) is 10.4 Å². The molecule has 1 aliphatic heterocycles. The molecule has 2 heterocycles. The molecule has 4 N–H and O–H groups in total. The van der Waals surface area contributed by atoms with Crippen molar-refractivity contribution >= 4 is 0 Å². The van der Waals surface area contributed by atoms with Gasteiger partial charge in [-0.1, -0.05) is 5.11 Å². The summed E-state index contributed by atoms with van der Waals surface area (Å²) < 4.78 is 6.17. The van der Waals surface area contributed by atoms with Gasteiger partial charge >= 0.3 is 5.69 Å². The van der Waals surface area contributed by atoms with E-state index in [0.29, 0.717) is 0 Å². The van der Waals surface area contributed by atoms with Crippen LogP contribution in [0.15, 0.2) is 20.9 Å².